The summed E-state index contributed by atoms with van der Waals surface area (Å²) in [7, 11) is 0. The Morgan fingerprint density at radius 3 is 1.71 bits per heavy atom. The van der Waals surface area contributed by atoms with Crippen LogP contribution in [0, 0.1) is 0 Å². The zero-order valence-electron chi connectivity index (χ0n) is 13.2. The van der Waals surface area contributed by atoms with E-state index in [0.29, 0.717) is 0 Å². The topological polar surface area (TPSA) is 16.8 Å². The van der Waals surface area contributed by atoms with Gasteiger partial charge in [-0.05, 0) is 11.6 Å². The molecule has 0 saturated heterocycles. The Morgan fingerprint density at radius 2 is 1.08 bits per heavy atom. The molecule has 0 amide bonds. The molecule has 0 spiro atoms. The van der Waals surface area contributed by atoms with Crippen molar-refractivity contribution >= 4 is 0 Å². The predicted octanol–water partition coefficient (Wildman–Crippen LogP) is 4.69. The molecule has 0 saturated carbocycles. The van der Waals surface area contributed by atoms with E-state index in [1.165, 1.54) is 5.56 Å². The molecule has 2 heteroatoms. The van der Waals surface area contributed by atoms with E-state index >= 15 is 0 Å². The van der Waals surface area contributed by atoms with Gasteiger partial charge in [-0.3, -0.25) is 0 Å². The van der Waals surface area contributed by atoms with E-state index in [-0.39, 0.29) is 0 Å². The molecule has 3 aromatic carbocycles. The van der Waals surface area contributed by atoms with Crippen LogP contribution in [0.5, 0.6) is 0 Å². The minimum absolute atomic E-state index is 0.959. The lowest BCUT2D eigenvalue weighted by molar-refractivity contribution is -0.658. The molecule has 0 atom stereocenters. The SMILES string of the molecule is c1ccc(-c2cc(-c3ccccc3)n[n+](-c3ccccc3)c2)cc1. The minimum Gasteiger partial charge on any atom is -0.0622 e. The van der Waals surface area contributed by atoms with Crippen LogP contribution in [0.25, 0.3) is 28.1 Å². The summed E-state index contributed by atoms with van der Waals surface area (Å²) in [6, 6.07) is 33.0. The molecular weight excluding hydrogens is 292 g/mol. The quantitative estimate of drug-likeness (QED) is 0.502. The molecule has 2 nitrogen and oxygen atoms in total. The lowest BCUT2D eigenvalue weighted by Gasteiger charge is -2.04. The van der Waals surface area contributed by atoms with E-state index in [4.69, 9.17) is 5.10 Å². The third-order valence-corrected chi connectivity index (χ3v) is 3.97. The van der Waals surface area contributed by atoms with Crippen LogP contribution in [0.15, 0.2) is 103 Å². The third-order valence-electron chi connectivity index (χ3n) is 3.97. The van der Waals surface area contributed by atoms with Gasteiger partial charge in [0, 0.05) is 22.8 Å². The highest BCUT2D eigenvalue weighted by Gasteiger charge is 2.14. The molecule has 0 aliphatic carbocycles. The Kier molecular flexibility index (Phi) is 3.86. The van der Waals surface area contributed by atoms with Crippen molar-refractivity contribution in [1.29, 1.82) is 0 Å². The van der Waals surface area contributed by atoms with E-state index in [9.17, 15) is 0 Å². The molecule has 0 fully saturated rings. The van der Waals surface area contributed by atoms with E-state index in [2.05, 4.69) is 60.8 Å². The first-order valence-electron chi connectivity index (χ1n) is 8.00. The molecule has 1 aromatic heterocycles. The third kappa shape index (κ3) is 2.95. The van der Waals surface area contributed by atoms with Crippen molar-refractivity contribution in [3.05, 3.63) is 103 Å². The van der Waals surface area contributed by atoms with Gasteiger partial charge in [-0.25, -0.2) is 0 Å². The maximum absolute atomic E-state index is 4.82. The zero-order valence-corrected chi connectivity index (χ0v) is 13.2. The average Bonchev–Trinajstić information content (AvgIpc) is 2.70. The van der Waals surface area contributed by atoms with Gasteiger partial charge in [0.25, 0.3) is 0 Å². The van der Waals surface area contributed by atoms with Crippen LogP contribution in [-0.2, 0) is 0 Å². The van der Waals surface area contributed by atoms with Crippen molar-refractivity contribution in [2.45, 2.75) is 0 Å². The standard InChI is InChI=1S/C22H17N2/c1-4-10-18(11-5-1)20-16-22(19-12-6-2-7-13-19)23-24(17-20)21-14-8-3-9-15-21/h1-17H/q+1. The Bertz CT molecular complexity index is 794. The van der Waals surface area contributed by atoms with Gasteiger partial charge in [-0.2, -0.15) is 0 Å². The van der Waals surface area contributed by atoms with Gasteiger partial charge in [-0.1, -0.05) is 83.5 Å². The van der Waals surface area contributed by atoms with E-state index in [0.717, 1.165) is 22.5 Å². The average molecular weight is 309 g/mol. The van der Waals surface area contributed by atoms with E-state index in [1.807, 2.05) is 47.1 Å². The molecule has 4 rings (SSSR count). The van der Waals surface area contributed by atoms with Gasteiger partial charge >= 0.3 is 0 Å². The van der Waals surface area contributed by atoms with Crippen molar-refractivity contribution in [2.75, 3.05) is 0 Å². The second-order valence-corrected chi connectivity index (χ2v) is 5.63. The van der Waals surface area contributed by atoms with E-state index in [1.54, 1.807) is 0 Å². The van der Waals surface area contributed by atoms with Crippen LogP contribution in [0.1, 0.15) is 0 Å². The Labute approximate surface area is 141 Å². The van der Waals surface area contributed by atoms with Gasteiger partial charge < -0.3 is 0 Å². The number of nitrogens with zero attached hydrogens (tertiary/aromatic N) is 2. The molecule has 24 heavy (non-hydrogen) atoms. The summed E-state index contributed by atoms with van der Waals surface area (Å²) in [6.45, 7) is 0. The van der Waals surface area contributed by atoms with Gasteiger partial charge in [0.15, 0.2) is 0 Å². The molecule has 0 N–H and O–H groups in total. The highest BCUT2D eigenvalue weighted by atomic mass is 15.3. The van der Waals surface area contributed by atoms with Crippen molar-refractivity contribution in [3.8, 4) is 28.1 Å². The van der Waals surface area contributed by atoms with Crippen molar-refractivity contribution in [1.82, 2.24) is 5.10 Å². The minimum atomic E-state index is 0.959. The maximum atomic E-state index is 4.82. The molecule has 0 aliphatic heterocycles. The number of para-hydroxylation sites is 1. The first-order chi connectivity index (χ1) is 11.9. The number of rotatable bonds is 3. The highest BCUT2D eigenvalue weighted by Crippen LogP contribution is 2.23. The van der Waals surface area contributed by atoms with E-state index < -0.39 is 0 Å². The lowest BCUT2D eigenvalue weighted by atomic mass is 10.0. The second kappa shape index (κ2) is 6.47. The van der Waals surface area contributed by atoms with Crippen LogP contribution < -0.4 is 4.68 Å². The highest BCUT2D eigenvalue weighted by molar-refractivity contribution is 5.68. The molecule has 4 aromatic rings. The van der Waals surface area contributed by atoms with Crippen molar-refractivity contribution < 1.29 is 4.68 Å². The smallest absolute Gasteiger partial charge is 0.0622 e. The number of benzene rings is 3. The van der Waals surface area contributed by atoms with Crippen LogP contribution in [0.2, 0.25) is 0 Å². The van der Waals surface area contributed by atoms with Gasteiger partial charge in [0.1, 0.15) is 5.69 Å². The second-order valence-electron chi connectivity index (χ2n) is 5.63. The molecule has 0 aliphatic rings. The molecule has 1 heterocycles. The van der Waals surface area contributed by atoms with Gasteiger partial charge in [0.2, 0.25) is 11.9 Å². The zero-order chi connectivity index (χ0) is 16.2. The van der Waals surface area contributed by atoms with Gasteiger partial charge in [-0.15, -0.1) is 0 Å². The van der Waals surface area contributed by atoms with Crippen LogP contribution >= 0.6 is 0 Å². The molecule has 0 unspecified atom stereocenters. The first kappa shape index (κ1) is 14.3. The largest absolute Gasteiger partial charge is 0.238 e. The van der Waals surface area contributed by atoms with Crippen LogP contribution in [0.4, 0.5) is 0 Å². The van der Waals surface area contributed by atoms with Crippen molar-refractivity contribution in [2.24, 2.45) is 0 Å². The van der Waals surface area contributed by atoms with Crippen LogP contribution in [-0.4, -0.2) is 5.10 Å². The summed E-state index contributed by atoms with van der Waals surface area (Å²) < 4.78 is 1.95. The summed E-state index contributed by atoms with van der Waals surface area (Å²) >= 11 is 0. The molecular formula is C22H17N2+. The predicted molar refractivity (Wildman–Crippen MR) is 96.6 cm³/mol. The number of hydrogen-bond donors (Lipinski definition) is 0. The van der Waals surface area contributed by atoms with Crippen molar-refractivity contribution in [3.63, 3.8) is 0 Å². The first-order valence-corrected chi connectivity index (χ1v) is 8.00. The lowest BCUT2D eigenvalue weighted by Crippen LogP contribution is -2.35. The fourth-order valence-corrected chi connectivity index (χ4v) is 2.74. The molecule has 114 valence electrons. The number of aromatic nitrogens is 2. The summed E-state index contributed by atoms with van der Waals surface area (Å²) in [4.78, 5) is 0. The normalized spacial score (nSPS) is 10.5. The summed E-state index contributed by atoms with van der Waals surface area (Å²) in [5.74, 6) is 0. The summed E-state index contributed by atoms with van der Waals surface area (Å²) in [5, 5.41) is 4.82. The molecule has 0 bridgehead atoms. The number of hydrogen-bond acceptors (Lipinski definition) is 1. The fraction of sp³-hybridized carbons (Fsp3) is 0. The summed E-state index contributed by atoms with van der Waals surface area (Å²) in [5.41, 5.74) is 5.45. The Hall–Kier alpha value is -3.26. The Balaban J connectivity index is 1.92. The monoisotopic (exact) mass is 309 g/mol. The Morgan fingerprint density at radius 1 is 0.542 bits per heavy atom. The van der Waals surface area contributed by atoms with Crippen LogP contribution in [0.3, 0.4) is 0 Å². The summed E-state index contributed by atoms with van der Waals surface area (Å²) in [6.07, 6.45) is 2.08. The molecule has 0 radical (unpaired) electrons. The maximum Gasteiger partial charge on any atom is 0.238 e. The van der Waals surface area contributed by atoms with Gasteiger partial charge in [0.05, 0.1) is 5.56 Å². The fourth-order valence-electron chi connectivity index (χ4n) is 2.74.